The first-order valence-corrected chi connectivity index (χ1v) is 8.95. The number of aromatic nitrogens is 2. The normalized spacial score (nSPS) is 12.5. The number of sulfonamides is 1. The number of hydrogen-bond acceptors (Lipinski definition) is 6. The lowest BCUT2D eigenvalue weighted by Crippen LogP contribution is -2.26. The molecule has 0 N–H and O–H groups in total. The summed E-state index contributed by atoms with van der Waals surface area (Å²) >= 11 is 6.80. The Balaban J connectivity index is 2.10. The fraction of sp³-hybridized carbons (Fsp3) is 0.500. The SMILES string of the molecule is CC(C)Cc1nc(CN(C)S(=O)(=O)c2ccc(Cl)s2)no1. The number of rotatable bonds is 6. The fourth-order valence-electron chi connectivity index (χ4n) is 1.66. The van der Waals surface area contributed by atoms with Gasteiger partial charge >= 0.3 is 0 Å². The van der Waals surface area contributed by atoms with E-state index in [4.69, 9.17) is 16.1 Å². The second-order valence-electron chi connectivity index (χ2n) is 5.02. The van der Waals surface area contributed by atoms with Crippen LogP contribution in [-0.2, 0) is 23.0 Å². The maximum Gasteiger partial charge on any atom is 0.252 e. The molecule has 0 aliphatic carbocycles. The van der Waals surface area contributed by atoms with Crippen molar-refractivity contribution >= 4 is 33.0 Å². The number of halogens is 1. The maximum absolute atomic E-state index is 12.3. The summed E-state index contributed by atoms with van der Waals surface area (Å²) in [5.74, 6) is 1.26. The van der Waals surface area contributed by atoms with Gasteiger partial charge < -0.3 is 4.52 Å². The Kier molecular flexibility index (Phi) is 5.03. The summed E-state index contributed by atoms with van der Waals surface area (Å²) in [5.41, 5.74) is 0. The Labute approximate surface area is 132 Å². The van der Waals surface area contributed by atoms with Crippen molar-refractivity contribution in [1.29, 1.82) is 0 Å². The third-order valence-corrected chi connectivity index (χ3v) is 6.17. The molecule has 0 saturated carbocycles. The number of nitrogens with zero attached hydrogens (tertiary/aromatic N) is 3. The molecule has 21 heavy (non-hydrogen) atoms. The first kappa shape index (κ1) is 16.4. The van der Waals surface area contributed by atoms with Crippen molar-refractivity contribution in [3.8, 4) is 0 Å². The first-order valence-electron chi connectivity index (χ1n) is 6.32. The zero-order chi connectivity index (χ0) is 15.6. The van der Waals surface area contributed by atoms with Crippen LogP contribution in [0.5, 0.6) is 0 Å². The molecule has 0 saturated heterocycles. The van der Waals surface area contributed by atoms with Crippen molar-refractivity contribution in [3.05, 3.63) is 28.2 Å². The predicted octanol–water partition coefficient (Wildman–Crippen LogP) is 2.80. The van der Waals surface area contributed by atoms with Crippen LogP contribution < -0.4 is 0 Å². The van der Waals surface area contributed by atoms with E-state index in [-0.39, 0.29) is 10.8 Å². The van der Waals surface area contributed by atoms with E-state index in [9.17, 15) is 8.42 Å². The van der Waals surface area contributed by atoms with Gasteiger partial charge in [0.15, 0.2) is 5.82 Å². The molecule has 0 bridgehead atoms. The van der Waals surface area contributed by atoms with Crippen molar-refractivity contribution in [2.75, 3.05) is 7.05 Å². The van der Waals surface area contributed by atoms with Gasteiger partial charge in [0.2, 0.25) is 5.89 Å². The molecule has 0 unspecified atom stereocenters. The van der Waals surface area contributed by atoms with Crippen LogP contribution in [-0.4, -0.2) is 29.9 Å². The van der Waals surface area contributed by atoms with Crippen LogP contribution >= 0.6 is 22.9 Å². The van der Waals surface area contributed by atoms with Crippen molar-refractivity contribution in [2.45, 2.75) is 31.0 Å². The zero-order valence-corrected chi connectivity index (χ0v) is 14.3. The molecule has 2 aromatic heterocycles. The molecule has 2 aromatic rings. The monoisotopic (exact) mass is 349 g/mol. The highest BCUT2D eigenvalue weighted by molar-refractivity contribution is 7.91. The van der Waals surface area contributed by atoms with Gasteiger partial charge in [0.25, 0.3) is 10.0 Å². The Morgan fingerprint density at radius 2 is 2.14 bits per heavy atom. The Bertz CT molecular complexity index is 709. The van der Waals surface area contributed by atoms with E-state index in [1.54, 1.807) is 6.07 Å². The van der Waals surface area contributed by atoms with Gasteiger partial charge in [0, 0.05) is 13.5 Å². The van der Waals surface area contributed by atoms with Crippen LogP contribution in [0.1, 0.15) is 25.6 Å². The van der Waals surface area contributed by atoms with Crippen molar-refractivity contribution in [1.82, 2.24) is 14.4 Å². The van der Waals surface area contributed by atoms with E-state index in [0.29, 0.717) is 28.4 Å². The van der Waals surface area contributed by atoms with Gasteiger partial charge in [-0.25, -0.2) is 8.42 Å². The quantitative estimate of drug-likeness (QED) is 0.801. The lowest BCUT2D eigenvalue weighted by molar-refractivity contribution is 0.353. The van der Waals surface area contributed by atoms with Gasteiger partial charge in [0.05, 0.1) is 10.9 Å². The fourth-order valence-corrected chi connectivity index (χ4v) is 4.48. The molecule has 0 spiro atoms. The number of thiophene rings is 1. The smallest absolute Gasteiger partial charge is 0.252 e. The van der Waals surface area contributed by atoms with Crippen LogP contribution in [0.15, 0.2) is 20.9 Å². The Morgan fingerprint density at radius 3 is 2.71 bits per heavy atom. The zero-order valence-electron chi connectivity index (χ0n) is 11.9. The first-order chi connectivity index (χ1) is 9.79. The summed E-state index contributed by atoms with van der Waals surface area (Å²) < 4.78 is 31.6. The minimum atomic E-state index is -3.58. The maximum atomic E-state index is 12.3. The van der Waals surface area contributed by atoms with Gasteiger partial charge in [-0.2, -0.15) is 9.29 Å². The molecule has 0 atom stereocenters. The second-order valence-corrected chi connectivity index (χ2v) is 9.01. The van der Waals surface area contributed by atoms with E-state index >= 15 is 0 Å². The Hall–Kier alpha value is -0.960. The summed E-state index contributed by atoms with van der Waals surface area (Å²) in [5, 5.41) is 3.81. The average Bonchev–Trinajstić information content (AvgIpc) is 2.98. The van der Waals surface area contributed by atoms with Gasteiger partial charge in [-0.1, -0.05) is 30.6 Å². The third kappa shape index (κ3) is 4.03. The molecule has 6 nitrogen and oxygen atoms in total. The Morgan fingerprint density at radius 1 is 1.43 bits per heavy atom. The summed E-state index contributed by atoms with van der Waals surface area (Å²) in [6.07, 6.45) is 0.671. The molecule has 0 aromatic carbocycles. The van der Waals surface area contributed by atoms with Crippen LogP contribution in [0.25, 0.3) is 0 Å². The molecule has 0 aliphatic rings. The predicted molar refractivity (Wildman–Crippen MR) is 80.8 cm³/mol. The van der Waals surface area contributed by atoms with Gasteiger partial charge in [-0.05, 0) is 18.1 Å². The second kappa shape index (κ2) is 6.43. The summed E-state index contributed by atoms with van der Waals surface area (Å²) in [6.45, 7) is 4.14. The van der Waals surface area contributed by atoms with E-state index in [1.807, 2.05) is 13.8 Å². The molecule has 0 radical (unpaired) electrons. The van der Waals surface area contributed by atoms with Gasteiger partial charge in [-0.3, -0.25) is 0 Å². The average molecular weight is 350 g/mol. The highest BCUT2D eigenvalue weighted by Crippen LogP contribution is 2.28. The lowest BCUT2D eigenvalue weighted by Gasteiger charge is -2.13. The van der Waals surface area contributed by atoms with Crippen molar-refractivity contribution in [3.63, 3.8) is 0 Å². The minimum Gasteiger partial charge on any atom is -0.339 e. The van der Waals surface area contributed by atoms with E-state index in [0.717, 1.165) is 11.3 Å². The lowest BCUT2D eigenvalue weighted by atomic mass is 10.1. The van der Waals surface area contributed by atoms with Crippen LogP contribution in [0.2, 0.25) is 4.34 Å². The molecule has 9 heteroatoms. The standard InChI is InChI=1S/C12H16ClN3O3S2/c1-8(2)6-11-14-10(15-19-11)7-16(3)21(17,18)12-5-4-9(13)20-12/h4-5,8H,6-7H2,1-3H3. The van der Waals surface area contributed by atoms with Crippen molar-refractivity contribution in [2.24, 2.45) is 5.92 Å². The molecule has 116 valence electrons. The minimum absolute atomic E-state index is 0.0550. The van der Waals surface area contributed by atoms with Crippen LogP contribution in [0.4, 0.5) is 0 Å². The van der Waals surface area contributed by atoms with E-state index < -0.39 is 10.0 Å². The molecule has 0 amide bonds. The molecular formula is C12H16ClN3O3S2. The van der Waals surface area contributed by atoms with Gasteiger partial charge in [-0.15, -0.1) is 11.3 Å². The largest absolute Gasteiger partial charge is 0.339 e. The summed E-state index contributed by atoms with van der Waals surface area (Å²) in [6, 6.07) is 3.04. The van der Waals surface area contributed by atoms with E-state index in [1.165, 1.54) is 17.4 Å². The van der Waals surface area contributed by atoms with E-state index in [2.05, 4.69) is 10.1 Å². The highest BCUT2D eigenvalue weighted by Gasteiger charge is 2.24. The molecule has 2 rings (SSSR count). The molecule has 2 heterocycles. The molecule has 0 fully saturated rings. The topological polar surface area (TPSA) is 76.3 Å². The van der Waals surface area contributed by atoms with Gasteiger partial charge in [0.1, 0.15) is 4.21 Å². The van der Waals surface area contributed by atoms with Crippen LogP contribution in [0.3, 0.4) is 0 Å². The van der Waals surface area contributed by atoms with Crippen molar-refractivity contribution < 1.29 is 12.9 Å². The summed E-state index contributed by atoms with van der Waals surface area (Å²) in [4.78, 5) is 4.20. The number of hydrogen-bond donors (Lipinski definition) is 0. The molecular weight excluding hydrogens is 334 g/mol. The highest BCUT2D eigenvalue weighted by atomic mass is 35.5. The molecule has 0 aliphatic heterocycles. The summed E-state index contributed by atoms with van der Waals surface area (Å²) in [7, 11) is -2.11. The van der Waals surface area contributed by atoms with Crippen LogP contribution in [0, 0.1) is 5.92 Å². The third-order valence-electron chi connectivity index (χ3n) is 2.67.